The Morgan fingerprint density at radius 2 is 2.11 bits per heavy atom. The van der Waals surface area contributed by atoms with Crippen molar-refractivity contribution in [2.75, 3.05) is 36.6 Å². The van der Waals surface area contributed by atoms with E-state index in [1.165, 1.54) is 5.57 Å². The number of nitrogens with one attached hydrogen (secondary N) is 2. The van der Waals surface area contributed by atoms with Crippen LogP contribution in [0.15, 0.2) is 71.1 Å². The number of aromatic nitrogens is 3. The number of ether oxygens (including phenoxy) is 1. The molecule has 0 aromatic carbocycles. The first kappa shape index (κ1) is 26.2. The van der Waals surface area contributed by atoms with E-state index < -0.39 is 0 Å². The maximum atomic E-state index is 12.3. The lowest BCUT2D eigenvalue weighted by molar-refractivity contribution is -0.121. The van der Waals surface area contributed by atoms with Gasteiger partial charge in [-0.3, -0.25) is 15.2 Å². The van der Waals surface area contributed by atoms with Crippen LogP contribution in [0.25, 0.3) is 0 Å². The van der Waals surface area contributed by atoms with Gasteiger partial charge in [-0.05, 0) is 49.5 Å². The van der Waals surface area contributed by atoms with Gasteiger partial charge in [0, 0.05) is 57.5 Å². The summed E-state index contributed by atoms with van der Waals surface area (Å²) < 4.78 is 5.62. The van der Waals surface area contributed by atoms with Crippen molar-refractivity contribution in [2.24, 2.45) is 5.10 Å². The Kier molecular flexibility index (Phi) is 9.94. The normalized spacial score (nSPS) is 16.1. The molecule has 1 fully saturated rings. The van der Waals surface area contributed by atoms with Crippen LogP contribution in [0.3, 0.4) is 0 Å². The predicted molar refractivity (Wildman–Crippen MR) is 146 cm³/mol. The highest BCUT2D eigenvalue weighted by molar-refractivity contribution is 5.80. The van der Waals surface area contributed by atoms with E-state index in [1.807, 2.05) is 24.4 Å². The van der Waals surface area contributed by atoms with Crippen LogP contribution in [0.2, 0.25) is 0 Å². The molecule has 9 nitrogen and oxygen atoms in total. The van der Waals surface area contributed by atoms with Gasteiger partial charge in [0.25, 0.3) is 0 Å². The molecule has 194 valence electrons. The molecule has 1 aliphatic carbocycles. The number of aryl methyl sites for hydroxylation is 1. The van der Waals surface area contributed by atoms with E-state index in [9.17, 15) is 4.79 Å². The predicted octanol–water partition coefficient (Wildman–Crippen LogP) is 3.97. The number of carbonyl (C=O) groups excluding carboxylic acids is 1. The summed E-state index contributed by atoms with van der Waals surface area (Å²) in [5.74, 6) is 2.19. The molecule has 0 saturated carbocycles. The molecular formula is C28H35N7O2. The molecule has 2 aliphatic rings. The first-order valence-electron chi connectivity index (χ1n) is 12.8. The number of hydrogen-bond acceptors (Lipinski definition) is 8. The van der Waals surface area contributed by atoms with Gasteiger partial charge in [-0.15, -0.1) is 0 Å². The number of carbonyl (C=O) groups is 1. The van der Waals surface area contributed by atoms with Gasteiger partial charge in [0.15, 0.2) is 5.82 Å². The molecule has 9 heteroatoms. The molecule has 1 saturated heterocycles. The van der Waals surface area contributed by atoms with Crippen molar-refractivity contribution in [3.05, 3.63) is 77.4 Å². The van der Waals surface area contributed by atoms with Crippen LogP contribution in [-0.2, 0) is 22.5 Å². The molecule has 37 heavy (non-hydrogen) atoms. The van der Waals surface area contributed by atoms with Gasteiger partial charge >= 0.3 is 0 Å². The zero-order chi connectivity index (χ0) is 25.7. The van der Waals surface area contributed by atoms with Crippen molar-refractivity contribution >= 4 is 23.8 Å². The minimum atomic E-state index is 0.00986. The highest BCUT2D eigenvalue weighted by Gasteiger charge is 2.14. The van der Waals surface area contributed by atoms with E-state index in [0.29, 0.717) is 44.1 Å². The Morgan fingerprint density at radius 1 is 1.22 bits per heavy atom. The van der Waals surface area contributed by atoms with Gasteiger partial charge in [-0.25, -0.2) is 9.97 Å². The SMILES string of the molecule is CC1=CC=CCC(/C=N/Nc2cc(N3CCCOCC3)nc(CCCC(=O)NCc3ccncc3)n2)=C1. The number of anilines is 2. The van der Waals surface area contributed by atoms with Gasteiger partial charge < -0.3 is 15.0 Å². The van der Waals surface area contributed by atoms with E-state index in [0.717, 1.165) is 49.5 Å². The highest BCUT2D eigenvalue weighted by atomic mass is 16.5. The second-order valence-electron chi connectivity index (χ2n) is 9.10. The number of pyridine rings is 1. The number of hydrazone groups is 1. The summed E-state index contributed by atoms with van der Waals surface area (Å²) in [6, 6.07) is 5.72. The van der Waals surface area contributed by atoms with Gasteiger partial charge in [0.1, 0.15) is 11.6 Å². The maximum absolute atomic E-state index is 12.3. The summed E-state index contributed by atoms with van der Waals surface area (Å²) in [5.41, 5.74) is 6.43. The molecule has 4 rings (SSSR count). The van der Waals surface area contributed by atoms with Crippen molar-refractivity contribution < 1.29 is 9.53 Å². The standard InChI is InChI=1S/C28H35N7O2/c1-22-6-2-3-7-24(18-22)21-31-34-26-19-27(35-14-5-16-37-17-15-35)33-25(32-26)8-4-9-28(36)30-20-23-10-12-29-13-11-23/h2-3,6,10-13,18-19,21H,4-5,7-9,14-17,20H2,1H3,(H,30,36)(H,32,33,34)/b31-21+. The zero-order valence-corrected chi connectivity index (χ0v) is 21.4. The first-order valence-corrected chi connectivity index (χ1v) is 12.8. The molecule has 1 amide bonds. The summed E-state index contributed by atoms with van der Waals surface area (Å²) in [7, 11) is 0. The third-order valence-corrected chi connectivity index (χ3v) is 6.02. The average molecular weight is 502 g/mol. The maximum Gasteiger partial charge on any atom is 0.220 e. The molecule has 0 radical (unpaired) electrons. The first-order chi connectivity index (χ1) is 18.2. The second-order valence-corrected chi connectivity index (χ2v) is 9.10. The number of allylic oxidation sites excluding steroid dienone is 6. The summed E-state index contributed by atoms with van der Waals surface area (Å²) in [6.45, 7) is 5.66. The third kappa shape index (κ3) is 8.95. The summed E-state index contributed by atoms with van der Waals surface area (Å²) >= 11 is 0. The molecule has 0 bridgehead atoms. The van der Waals surface area contributed by atoms with E-state index >= 15 is 0 Å². The fourth-order valence-corrected chi connectivity index (χ4v) is 4.08. The van der Waals surface area contributed by atoms with Crippen molar-refractivity contribution in [3.63, 3.8) is 0 Å². The minimum absolute atomic E-state index is 0.00986. The van der Waals surface area contributed by atoms with E-state index in [2.05, 4.69) is 61.9 Å². The second kappa shape index (κ2) is 14.0. The van der Waals surface area contributed by atoms with E-state index in [-0.39, 0.29) is 5.91 Å². The molecule has 2 aromatic heterocycles. The molecular weight excluding hydrogens is 466 g/mol. The smallest absolute Gasteiger partial charge is 0.220 e. The molecule has 2 aromatic rings. The van der Waals surface area contributed by atoms with Crippen molar-refractivity contribution in [2.45, 2.75) is 45.6 Å². The molecule has 3 heterocycles. The molecule has 0 atom stereocenters. The summed E-state index contributed by atoms with van der Waals surface area (Å²) in [5, 5.41) is 7.40. The lowest BCUT2D eigenvalue weighted by atomic mass is 10.1. The number of rotatable bonds is 10. The number of amides is 1. The topological polar surface area (TPSA) is 105 Å². The number of hydrogen-bond donors (Lipinski definition) is 2. The van der Waals surface area contributed by atoms with Crippen LogP contribution in [0.4, 0.5) is 11.6 Å². The third-order valence-electron chi connectivity index (χ3n) is 6.02. The van der Waals surface area contributed by atoms with Crippen LogP contribution in [0.1, 0.15) is 44.0 Å². The summed E-state index contributed by atoms with van der Waals surface area (Å²) in [4.78, 5) is 28.0. The highest BCUT2D eigenvalue weighted by Crippen LogP contribution is 2.19. The summed E-state index contributed by atoms with van der Waals surface area (Å²) in [6.07, 6.45) is 17.1. The van der Waals surface area contributed by atoms with Crippen molar-refractivity contribution in [1.29, 1.82) is 0 Å². The van der Waals surface area contributed by atoms with Crippen LogP contribution in [-0.4, -0.2) is 53.4 Å². The van der Waals surface area contributed by atoms with Gasteiger partial charge in [-0.1, -0.05) is 29.9 Å². The zero-order valence-electron chi connectivity index (χ0n) is 21.4. The quantitative estimate of drug-likeness (QED) is 0.375. The lowest BCUT2D eigenvalue weighted by Crippen LogP contribution is -2.27. The van der Waals surface area contributed by atoms with E-state index in [1.54, 1.807) is 12.4 Å². The minimum Gasteiger partial charge on any atom is -0.380 e. The fraction of sp³-hybridized carbons (Fsp3) is 0.393. The largest absolute Gasteiger partial charge is 0.380 e. The Labute approximate surface area is 218 Å². The number of nitrogens with zero attached hydrogens (tertiary/aromatic N) is 5. The van der Waals surface area contributed by atoms with Gasteiger partial charge in [-0.2, -0.15) is 5.10 Å². The molecule has 0 spiro atoms. The van der Waals surface area contributed by atoms with Crippen molar-refractivity contribution in [3.8, 4) is 0 Å². The average Bonchev–Trinajstić information content (AvgIpc) is 3.31. The Morgan fingerprint density at radius 3 is 3.00 bits per heavy atom. The molecule has 2 N–H and O–H groups in total. The Balaban J connectivity index is 1.38. The van der Waals surface area contributed by atoms with Crippen LogP contribution < -0.4 is 15.6 Å². The molecule has 1 aliphatic heterocycles. The van der Waals surface area contributed by atoms with Gasteiger partial charge in [0.2, 0.25) is 5.91 Å². The lowest BCUT2D eigenvalue weighted by Gasteiger charge is -2.21. The van der Waals surface area contributed by atoms with Gasteiger partial charge in [0.05, 0.1) is 12.8 Å². The van der Waals surface area contributed by atoms with Crippen LogP contribution >= 0.6 is 0 Å². The van der Waals surface area contributed by atoms with E-state index in [4.69, 9.17) is 9.72 Å². The Hall–Kier alpha value is -3.85. The van der Waals surface area contributed by atoms with Crippen LogP contribution in [0.5, 0.6) is 0 Å². The van der Waals surface area contributed by atoms with Crippen LogP contribution in [0, 0.1) is 0 Å². The monoisotopic (exact) mass is 501 g/mol. The fourth-order valence-electron chi connectivity index (χ4n) is 4.08. The Bertz CT molecular complexity index is 1150. The molecule has 0 unspecified atom stereocenters. The van der Waals surface area contributed by atoms with Crippen molar-refractivity contribution in [1.82, 2.24) is 20.3 Å².